The molecule has 4 heteroatoms. The second-order valence-electron chi connectivity index (χ2n) is 2.65. The van der Waals surface area contributed by atoms with Crippen LogP contribution < -0.4 is 0 Å². The van der Waals surface area contributed by atoms with E-state index in [2.05, 4.69) is 0 Å². The smallest absolute Gasteiger partial charge is 0.155 e. The lowest BCUT2D eigenvalue weighted by Crippen LogP contribution is -2.30. The Hall–Kier alpha value is -1.42. The summed E-state index contributed by atoms with van der Waals surface area (Å²) in [6, 6.07) is 0. The number of allylic oxidation sites excluding steroid dienone is 1. The van der Waals surface area contributed by atoms with E-state index < -0.39 is 5.60 Å². The molecule has 1 unspecified atom stereocenters. The van der Waals surface area contributed by atoms with Crippen molar-refractivity contribution >= 4 is 12.6 Å². The van der Waals surface area contributed by atoms with Crippen molar-refractivity contribution in [1.29, 1.82) is 0 Å². The topological polar surface area (TPSA) is 74.6 Å². The van der Waals surface area contributed by atoms with Crippen LogP contribution in [0.5, 0.6) is 0 Å². The van der Waals surface area contributed by atoms with Gasteiger partial charge in [-0.3, -0.25) is 9.59 Å². The van der Waals surface area contributed by atoms with Crippen LogP contribution in [0.2, 0.25) is 0 Å². The lowest BCUT2D eigenvalue weighted by molar-refractivity contribution is -0.120. The van der Waals surface area contributed by atoms with E-state index in [9.17, 15) is 14.7 Å². The fourth-order valence-electron chi connectivity index (χ4n) is 0.968. The van der Waals surface area contributed by atoms with Gasteiger partial charge in [0.25, 0.3) is 0 Å². The Balaban J connectivity index is 2.97. The van der Waals surface area contributed by atoms with Crippen molar-refractivity contribution in [2.75, 3.05) is 0 Å². The monoisotopic (exact) mass is 168 g/mol. The first-order valence-electron chi connectivity index (χ1n) is 3.36. The summed E-state index contributed by atoms with van der Waals surface area (Å²) in [7, 11) is 0. The van der Waals surface area contributed by atoms with Crippen molar-refractivity contribution in [2.24, 2.45) is 0 Å². The van der Waals surface area contributed by atoms with E-state index in [1.165, 1.54) is 0 Å². The SMILES string of the molecule is O=CC1=C(O)C=CC(O)(C=O)C1. The van der Waals surface area contributed by atoms with Crippen LogP contribution in [0, 0.1) is 0 Å². The maximum atomic E-state index is 10.3. The van der Waals surface area contributed by atoms with E-state index in [0.29, 0.717) is 12.6 Å². The number of aldehydes is 2. The molecular formula is C8H8O4. The van der Waals surface area contributed by atoms with Crippen LogP contribution in [-0.4, -0.2) is 28.4 Å². The van der Waals surface area contributed by atoms with Crippen LogP contribution >= 0.6 is 0 Å². The van der Waals surface area contributed by atoms with Crippen LogP contribution in [0.4, 0.5) is 0 Å². The Morgan fingerprint density at radius 2 is 2.17 bits per heavy atom. The van der Waals surface area contributed by atoms with Gasteiger partial charge in [-0.1, -0.05) is 0 Å². The normalized spacial score (nSPS) is 28.8. The predicted molar refractivity (Wildman–Crippen MR) is 40.5 cm³/mol. The van der Waals surface area contributed by atoms with Gasteiger partial charge >= 0.3 is 0 Å². The summed E-state index contributed by atoms with van der Waals surface area (Å²) in [5.74, 6) is -0.198. The second-order valence-corrected chi connectivity index (χ2v) is 2.65. The molecule has 4 nitrogen and oxygen atoms in total. The summed E-state index contributed by atoms with van der Waals surface area (Å²) in [6.45, 7) is 0. The maximum Gasteiger partial charge on any atom is 0.155 e. The van der Waals surface area contributed by atoms with Crippen molar-refractivity contribution in [3.8, 4) is 0 Å². The first-order chi connectivity index (χ1) is 5.61. The average Bonchev–Trinajstić information content (AvgIpc) is 2.10. The zero-order valence-corrected chi connectivity index (χ0v) is 6.23. The first-order valence-corrected chi connectivity index (χ1v) is 3.36. The summed E-state index contributed by atoms with van der Waals surface area (Å²) in [4.78, 5) is 20.6. The van der Waals surface area contributed by atoms with Crippen molar-refractivity contribution in [3.05, 3.63) is 23.5 Å². The standard InChI is InChI=1S/C8H8O4/c9-4-6-3-8(12,5-10)2-1-7(6)11/h1-2,4-5,11-12H,3H2. The molecule has 1 rings (SSSR count). The van der Waals surface area contributed by atoms with Gasteiger partial charge in [-0.05, 0) is 12.2 Å². The van der Waals surface area contributed by atoms with E-state index >= 15 is 0 Å². The van der Waals surface area contributed by atoms with Gasteiger partial charge in [0.2, 0.25) is 0 Å². The molecule has 1 aliphatic carbocycles. The molecule has 0 aromatic heterocycles. The first kappa shape index (κ1) is 8.67. The fourth-order valence-corrected chi connectivity index (χ4v) is 0.968. The zero-order chi connectivity index (χ0) is 9.19. The molecule has 0 spiro atoms. The van der Waals surface area contributed by atoms with Crippen molar-refractivity contribution < 1.29 is 19.8 Å². The zero-order valence-electron chi connectivity index (χ0n) is 6.23. The molecule has 0 aromatic carbocycles. The number of carbonyl (C=O) groups is 2. The van der Waals surface area contributed by atoms with Crippen LogP contribution in [0.15, 0.2) is 23.5 Å². The average molecular weight is 168 g/mol. The van der Waals surface area contributed by atoms with Crippen molar-refractivity contribution in [1.82, 2.24) is 0 Å². The number of carbonyl (C=O) groups excluding carboxylic acids is 2. The number of hydrogen-bond acceptors (Lipinski definition) is 4. The Bertz CT molecular complexity index is 277. The third-order valence-electron chi connectivity index (χ3n) is 1.68. The number of aliphatic hydroxyl groups excluding tert-OH is 1. The van der Waals surface area contributed by atoms with Gasteiger partial charge in [-0.2, -0.15) is 0 Å². The van der Waals surface area contributed by atoms with Crippen LogP contribution in [-0.2, 0) is 9.59 Å². The highest BCUT2D eigenvalue weighted by molar-refractivity contribution is 5.79. The Kier molecular flexibility index (Phi) is 2.10. The van der Waals surface area contributed by atoms with Gasteiger partial charge in [0.15, 0.2) is 6.29 Å². The van der Waals surface area contributed by atoms with E-state index in [1.807, 2.05) is 0 Å². The Labute approximate surface area is 68.8 Å². The fraction of sp³-hybridized carbons (Fsp3) is 0.250. The Morgan fingerprint density at radius 3 is 2.67 bits per heavy atom. The van der Waals surface area contributed by atoms with Crippen LogP contribution in [0.3, 0.4) is 0 Å². The summed E-state index contributed by atoms with van der Waals surface area (Å²) >= 11 is 0. The maximum absolute atomic E-state index is 10.3. The molecule has 2 N–H and O–H groups in total. The van der Waals surface area contributed by atoms with E-state index in [-0.39, 0.29) is 17.8 Å². The minimum Gasteiger partial charge on any atom is -0.508 e. The molecule has 0 amide bonds. The lowest BCUT2D eigenvalue weighted by atomic mass is 9.91. The molecule has 0 aromatic rings. The van der Waals surface area contributed by atoms with Crippen molar-refractivity contribution in [3.63, 3.8) is 0 Å². The van der Waals surface area contributed by atoms with Gasteiger partial charge in [0.1, 0.15) is 17.6 Å². The highest BCUT2D eigenvalue weighted by atomic mass is 16.3. The molecule has 0 saturated heterocycles. The largest absolute Gasteiger partial charge is 0.508 e. The van der Waals surface area contributed by atoms with Gasteiger partial charge in [0.05, 0.1) is 0 Å². The predicted octanol–water partition coefficient (Wildman–Crippen LogP) is -0.113. The quantitative estimate of drug-likeness (QED) is 0.564. The minimum absolute atomic E-state index is 0.0344. The van der Waals surface area contributed by atoms with E-state index in [0.717, 1.165) is 12.2 Å². The van der Waals surface area contributed by atoms with Crippen molar-refractivity contribution in [2.45, 2.75) is 12.0 Å². The summed E-state index contributed by atoms with van der Waals surface area (Å²) in [5.41, 5.74) is -1.60. The van der Waals surface area contributed by atoms with Gasteiger partial charge in [0, 0.05) is 12.0 Å². The van der Waals surface area contributed by atoms with Gasteiger partial charge in [-0.15, -0.1) is 0 Å². The third-order valence-corrected chi connectivity index (χ3v) is 1.68. The van der Waals surface area contributed by atoms with Crippen LogP contribution in [0.25, 0.3) is 0 Å². The molecule has 1 atom stereocenters. The molecule has 0 saturated carbocycles. The van der Waals surface area contributed by atoms with E-state index in [1.54, 1.807) is 0 Å². The summed E-state index contributed by atoms with van der Waals surface area (Å²) in [5, 5.41) is 18.4. The van der Waals surface area contributed by atoms with Crippen LogP contribution in [0.1, 0.15) is 6.42 Å². The number of rotatable bonds is 2. The number of aliphatic hydroxyl groups is 2. The molecule has 0 bridgehead atoms. The minimum atomic E-state index is -1.64. The van der Waals surface area contributed by atoms with Gasteiger partial charge < -0.3 is 10.2 Å². The lowest BCUT2D eigenvalue weighted by Gasteiger charge is -2.20. The number of hydrogen-bond donors (Lipinski definition) is 2. The van der Waals surface area contributed by atoms with E-state index in [4.69, 9.17) is 5.11 Å². The molecule has 0 fully saturated rings. The highest BCUT2D eigenvalue weighted by Gasteiger charge is 2.28. The highest BCUT2D eigenvalue weighted by Crippen LogP contribution is 2.22. The third kappa shape index (κ3) is 1.43. The Morgan fingerprint density at radius 1 is 1.50 bits per heavy atom. The molecular weight excluding hydrogens is 160 g/mol. The molecule has 1 aliphatic rings. The summed E-state index contributed by atoms with van der Waals surface area (Å²) in [6.07, 6.45) is 2.89. The molecule has 0 aliphatic heterocycles. The molecule has 12 heavy (non-hydrogen) atoms. The second kappa shape index (κ2) is 2.91. The molecule has 0 heterocycles. The van der Waals surface area contributed by atoms with Gasteiger partial charge in [-0.25, -0.2) is 0 Å². The molecule has 0 radical (unpaired) electrons. The molecule has 64 valence electrons. The summed E-state index contributed by atoms with van der Waals surface area (Å²) < 4.78 is 0.